The molecule has 0 heterocycles. The molecule has 34 heavy (non-hydrogen) atoms. The Labute approximate surface area is 210 Å². The molecule has 0 bridgehead atoms. The highest BCUT2D eigenvalue weighted by molar-refractivity contribution is 5.82. The van der Waals surface area contributed by atoms with Gasteiger partial charge in [0.1, 0.15) is 5.75 Å². The van der Waals surface area contributed by atoms with Gasteiger partial charge in [-0.3, -0.25) is 4.99 Å². The van der Waals surface area contributed by atoms with Crippen molar-refractivity contribution in [2.75, 3.05) is 6.61 Å². The number of hydrogen-bond acceptors (Lipinski definition) is 2. The molecule has 0 saturated heterocycles. The zero-order valence-corrected chi connectivity index (χ0v) is 22.1. The zero-order valence-electron chi connectivity index (χ0n) is 22.1. The maximum atomic E-state index is 5.92. The van der Waals surface area contributed by atoms with E-state index in [9.17, 15) is 0 Å². The smallest absolute Gasteiger partial charge is 0.119 e. The second-order valence-electron chi connectivity index (χ2n) is 9.69. The predicted octanol–water partition coefficient (Wildman–Crippen LogP) is 10.2. The normalized spacial score (nSPS) is 11.4. The second-order valence-corrected chi connectivity index (χ2v) is 9.69. The van der Waals surface area contributed by atoms with Crippen molar-refractivity contribution >= 4 is 11.9 Å². The average Bonchev–Trinajstić information content (AvgIpc) is 2.87. The van der Waals surface area contributed by atoms with Gasteiger partial charge >= 0.3 is 0 Å². The highest BCUT2D eigenvalue weighted by atomic mass is 16.5. The number of hydrogen-bond donors (Lipinski definition) is 0. The topological polar surface area (TPSA) is 21.6 Å². The van der Waals surface area contributed by atoms with Crippen molar-refractivity contribution in [1.82, 2.24) is 0 Å². The largest absolute Gasteiger partial charge is 0.494 e. The van der Waals surface area contributed by atoms with E-state index < -0.39 is 0 Å². The Bertz CT molecular complexity index is 748. The average molecular weight is 464 g/mol. The van der Waals surface area contributed by atoms with E-state index in [1.807, 2.05) is 6.21 Å². The van der Waals surface area contributed by atoms with Gasteiger partial charge in [-0.15, -0.1) is 0 Å². The van der Waals surface area contributed by atoms with Crippen molar-refractivity contribution in [3.8, 4) is 5.75 Å². The molecule has 2 rings (SSSR count). The minimum Gasteiger partial charge on any atom is -0.494 e. The van der Waals surface area contributed by atoms with Crippen molar-refractivity contribution < 1.29 is 4.74 Å². The molecule has 0 N–H and O–H groups in total. The minimum absolute atomic E-state index is 0.815. The van der Waals surface area contributed by atoms with Crippen LogP contribution in [0.15, 0.2) is 53.5 Å². The lowest BCUT2D eigenvalue weighted by Crippen LogP contribution is -1.97. The number of rotatable bonds is 20. The molecule has 2 heteroatoms. The number of aryl methyl sites for hydroxylation is 1. The monoisotopic (exact) mass is 463 g/mol. The third-order valence-electron chi connectivity index (χ3n) is 6.51. The maximum absolute atomic E-state index is 5.92. The Kier molecular flexibility index (Phi) is 15.9. The van der Waals surface area contributed by atoms with E-state index in [0.29, 0.717) is 0 Å². The molecule has 0 atom stereocenters. The van der Waals surface area contributed by atoms with Crippen LogP contribution in [0.5, 0.6) is 5.75 Å². The molecule has 0 saturated carbocycles. The number of nitrogens with zero attached hydrogens (tertiary/aromatic N) is 1. The number of aliphatic imine (C=N–C) groups is 1. The van der Waals surface area contributed by atoms with Crippen molar-refractivity contribution in [1.29, 1.82) is 0 Å². The fourth-order valence-corrected chi connectivity index (χ4v) is 4.24. The third-order valence-corrected chi connectivity index (χ3v) is 6.51. The van der Waals surface area contributed by atoms with Gasteiger partial charge in [0.25, 0.3) is 0 Å². The SMILES string of the molecule is CCCCCCCCCCCCCCCOc1ccc(C=Nc2ccc(CCCC)cc2)cc1. The number of ether oxygens (including phenoxy) is 1. The van der Waals surface area contributed by atoms with E-state index >= 15 is 0 Å². The molecule has 0 unspecified atom stereocenters. The molecule has 0 amide bonds. The Hall–Kier alpha value is -2.09. The predicted molar refractivity (Wildman–Crippen MR) is 150 cm³/mol. The van der Waals surface area contributed by atoms with Crippen LogP contribution in [0.1, 0.15) is 121 Å². The summed E-state index contributed by atoms with van der Waals surface area (Å²) in [6.07, 6.45) is 23.5. The summed E-state index contributed by atoms with van der Waals surface area (Å²) in [5, 5.41) is 0. The molecule has 0 radical (unpaired) electrons. The molecule has 0 spiro atoms. The molecule has 0 aliphatic rings. The van der Waals surface area contributed by atoms with Crippen molar-refractivity contribution in [2.24, 2.45) is 4.99 Å². The first-order valence-electron chi connectivity index (χ1n) is 14.2. The number of unbranched alkanes of at least 4 members (excludes halogenated alkanes) is 13. The molecule has 188 valence electrons. The lowest BCUT2D eigenvalue weighted by atomic mass is 10.0. The molecule has 2 nitrogen and oxygen atoms in total. The summed E-state index contributed by atoms with van der Waals surface area (Å²) in [4.78, 5) is 4.60. The van der Waals surface area contributed by atoms with E-state index in [2.05, 4.69) is 67.4 Å². The summed E-state index contributed by atoms with van der Waals surface area (Å²) in [7, 11) is 0. The van der Waals surface area contributed by atoms with Gasteiger partial charge < -0.3 is 4.74 Å². The van der Waals surface area contributed by atoms with Gasteiger partial charge in [0.05, 0.1) is 12.3 Å². The standard InChI is InChI=1S/C32H49NO/c1-3-5-7-8-9-10-11-12-13-14-15-16-17-27-34-32-25-21-30(22-26-32)28-33-31-23-19-29(20-24-31)18-6-4-2/h19-26,28H,3-18,27H2,1-2H3. The quantitative estimate of drug-likeness (QED) is 0.141. The summed E-state index contributed by atoms with van der Waals surface area (Å²) in [6.45, 7) is 5.33. The number of benzene rings is 2. The highest BCUT2D eigenvalue weighted by Gasteiger charge is 1.97. The Morgan fingerprint density at radius 3 is 1.68 bits per heavy atom. The molecule has 0 aromatic heterocycles. The van der Waals surface area contributed by atoms with Crippen LogP contribution in [0.3, 0.4) is 0 Å². The van der Waals surface area contributed by atoms with Gasteiger partial charge in [-0.25, -0.2) is 0 Å². The fourth-order valence-electron chi connectivity index (χ4n) is 4.24. The van der Waals surface area contributed by atoms with Crippen LogP contribution >= 0.6 is 0 Å². The molecule has 0 aliphatic heterocycles. The Balaban J connectivity index is 1.49. The Morgan fingerprint density at radius 1 is 0.588 bits per heavy atom. The van der Waals surface area contributed by atoms with E-state index in [1.54, 1.807) is 0 Å². The lowest BCUT2D eigenvalue weighted by molar-refractivity contribution is 0.304. The zero-order chi connectivity index (χ0) is 24.1. The van der Waals surface area contributed by atoms with Crippen molar-refractivity contribution in [2.45, 2.75) is 117 Å². The Morgan fingerprint density at radius 2 is 1.12 bits per heavy atom. The van der Waals surface area contributed by atoms with Crippen molar-refractivity contribution in [3.05, 3.63) is 59.7 Å². The van der Waals surface area contributed by atoms with Crippen LogP contribution in [-0.2, 0) is 6.42 Å². The van der Waals surface area contributed by atoms with Gasteiger partial charge in [0.2, 0.25) is 0 Å². The van der Waals surface area contributed by atoms with Crippen LogP contribution in [0, 0.1) is 0 Å². The minimum atomic E-state index is 0.815. The molecular formula is C32H49NO. The fraction of sp³-hybridized carbons (Fsp3) is 0.594. The summed E-state index contributed by atoms with van der Waals surface area (Å²) in [6, 6.07) is 16.9. The van der Waals surface area contributed by atoms with E-state index in [4.69, 9.17) is 4.74 Å². The van der Waals surface area contributed by atoms with Crippen molar-refractivity contribution in [3.63, 3.8) is 0 Å². The summed E-state index contributed by atoms with van der Waals surface area (Å²) < 4.78 is 5.92. The van der Waals surface area contributed by atoms with Gasteiger partial charge in [-0.1, -0.05) is 109 Å². The maximum Gasteiger partial charge on any atom is 0.119 e. The second kappa shape index (κ2) is 19.2. The van der Waals surface area contributed by atoms with Crippen LogP contribution in [-0.4, -0.2) is 12.8 Å². The summed E-state index contributed by atoms with van der Waals surface area (Å²) in [5.74, 6) is 0.955. The molecule has 2 aromatic rings. The van der Waals surface area contributed by atoms with Crippen LogP contribution in [0.25, 0.3) is 0 Å². The first-order valence-corrected chi connectivity index (χ1v) is 14.2. The molecular weight excluding hydrogens is 414 g/mol. The summed E-state index contributed by atoms with van der Waals surface area (Å²) >= 11 is 0. The first kappa shape index (κ1) is 28.1. The van der Waals surface area contributed by atoms with E-state index in [-0.39, 0.29) is 0 Å². The van der Waals surface area contributed by atoms with E-state index in [1.165, 1.54) is 95.5 Å². The van der Waals surface area contributed by atoms with Gasteiger partial charge in [0, 0.05) is 6.21 Å². The first-order chi connectivity index (χ1) is 16.8. The van der Waals surface area contributed by atoms with Crippen LogP contribution < -0.4 is 4.74 Å². The molecule has 2 aromatic carbocycles. The lowest BCUT2D eigenvalue weighted by Gasteiger charge is -2.06. The van der Waals surface area contributed by atoms with Gasteiger partial charge in [-0.2, -0.15) is 0 Å². The highest BCUT2D eigenvalue weighted by Crippen LogP contribution is 2.17. The molecule has 0 fully saturated rings. The van der Waals surface area contributed by atoms with Crippen LogP contribution in [0.2, 0.25) is 0 Å². The van der Waals surface area contributed by atoms with Crippen LogP contribution in [0.4, 0.5) is 5.69 Å². The molecule has 0 aliphatic carbocycles. The summed E-state index contributed by atoms with van der Waals surface area (Å²) in [5.41, 5.74) is 3.50. The van der Waals surface area contributed by atoms with Gasteiger partial charge in [0.15, 0.2) is 0 Å². The van der Waals surface area contributed by atoms with E-state index in [0.717, 1.165) is 36.4 Å². The third kappa shape index (κ3) is 13.6. The van der Waals surface area contributed by atoms with Gasteiger partial charge in [-0.05, 0) is 66.8 Å².